The zero-order valence-electron chi connectivity index (χ0n) is 12.3. The van der Waals surface area contributed by atoms with Gasteiger partial charge >= 0.3 is 5.97 Å². The molecule has 2 heterocycles. The first-order valence-electron chi connectivity index (χ1n) is 7.10. The lowest BCUT2D eigenvalue weighted by molar-refractivity contribution is -0.136. The Morgan fingerprint density at radius 2 is 2.26 bits per heavy atom. The normalized spacial score (nSPS) is 23.2. The van der Waals surface area contributed by atoms with Crippen LogP contribution in [0.15, 0.2) is 29.4 Å². The first-order valence-corrected chi connectivity index (χ1v) is 7.48. The maximum atomic E-state index is 12.9. The number of esters is 1. The average molecular weight is 336 g/mol. The SMILES string of the molecule is CCOC(=O)C1=NNC[C@@]12CC(=O)N(c1cccc(Cl)c1)C2=O. The van der Waals surface area contributed by atoms with Gasteiger partial charge in [0.1, 0.15) is 5.41 Å². The van der Waals surface area contributed by atoms with Crippen molar-refractivity contribution in [2.24, 2.45) is 10.5 Å². The molecule has 1 aromatic carbocycles. The van der Waals surface area contributed by atoms with E-state index in [1.54, 1.807) is 25.1 Å². The highest BCUT2D eigenvalue weighted by Gasteiger charge is 2.59. The van der Waals surface area contributed by atoms with E-state index >= 15 is 0 Å². The molecule has 1 saturated heterocycles. The van der Waals surface area contributed by atoms with Gasteiger partial charge in [-0.2, -0.15) is 5.10 Å². The van der Waals surface area contributed by atoms with Crippen molar-refractivity contribution in [1.82, 2.24) is 5.43 Å². The number of hydrazone groups is 1. The van der Waals surface area contributed by atoms with E-state index in [-0.39, 0.29) is 25.3 Å². The third-order valence-corrected chi connectivity index (χ3v) is 4.11. The van der Waals surface area contributed by atoms with Gasteiger partial charge in [0, 0.05) is 11.4 Å². The predicted molar refractivity (Wildman–Crippen MR) is 83.1 cm³/mol. The summed E-state index contributed by atoms with van der Waals surface area (Å²) in [5.41, 5.74) is 1.65. The highest BCUT2D eigenvalue weighted by Crippen LogP contribution is 2.39. The third-order valence-electron chi connectivity index (χ3n) is 3.88. The lowest BCUT2D eigenvalue weighted by Gasteiger charge is -2.21. The van der Waals surface area contributed by atoms with Gasteiger partial charge in [-0.1, -0.05) is 17.7 Å². The van der Waals surface area contributed by atoms with Crippen molar-refractivity contribution < 1.29 is 19.1 Å². The number of nitrogens with zero attached hydrogens (tertiary/aromatic N) is 2. The van der Waals surface area contributed by atoms with E-state index in [0.29, 0.717) is 10.7 Å². The van der Waals surface area contributed by atoms with E-state index in [0.717, 1.165) is 4.90 Å². The Bertz CT molecular complexity index is 733. The van der Waals surface area contributed by atoms with Crippen LogP contribution in [0.2, 0.25) is 5.02 Å². The van der Waals surface area contributed by atoms with Gasteiger partial charge in [-0.3, -0.25) is 9.59 Å². The van der Waals surface area contributed by atoms with E-state index in [1.807, 2.05) is 0 Å². The van der Waals surface area contributed by atoms with E-state index in [1.165, 1.54) is 6.07 Å². The Balaban J connectivity index is 1.98. The molecular formula is C15H14ClN3O4. The maximum absolute atomic E-state index is 12.9. The number of rotatable bonds is 3. The number of anilines is 1. The summed E-state index contributed by atoms with van der Waals surface area (Å²) in [6.07, 6.45) is -0.136. The molecule has 0 aliphatic carbocycles. The van der Waals surface area contributed by atoms with Crippen molar-refractivity contribution in [1.29, 1.82) is 0 Å². The van der Waals surface area contributed by atoms with E-state index < -0.39 is 23.2 Å². The Morgan fingerprint density at radius 3 is 2.96 bits per heavy atom. The molecule has 1 fully saturated rings. The number of amides is 2. The standard InChI is InChI=1S/C15H14ClN3O4/c1-2-23-13(21)12-15(8-17-18-12)7-11(20)19(14(15)22)10-5-3-4-9(16)6-10/h3-6,17H,2,7-8H2,1H3/t15-/m0/s1. The number of nitrogens with one attached hydrogen (secondary N) is 1. The molecule has 120 valence electrons. The largest absolute Gasteiger partial charge is 0.461 e. The van der Waals surface area contributed by atoms with Gasteiger partial charge in [0.2, 0.25) is 11.8 Å². The molecule has 1 atom stereocenters. The van der Waals surface area contributed by atoms with Crippen molar-refractivity contribution >= 4 is 40.8 Å². The predicted octanol–water partition coefficient (Wildman–Crippen LogP) is 1.11. The van der Waals surface area contributed by atoms with Crippen LogP contribution < -0.4 is 10.3 Å². The molecule has 1 spiro atoms. The van der Waals surface area contributed by atoms with Crippen LogP contribution in [0.5, 0.6) is 0 Å². The van der Waals surface area contributed by atoms with E-state index in [9.17, 15) is 14.4 Å². The molecule has 0 radical (unpaired) electrons. The molecule has 2 aliphatic heterocycles. The van der Waals surface area contributed by atoms with Gasteiger partial charge in [-0.25, -0.2) is 9.69 Å². The molecule has 2 aliphatic rings. The van der Waals surface area contributed by atoms with Gasteiger partial charge in [0.05, 0.1) is 18.8 Å². The average Bonchev–Trinajstić information content (AvgIpc) is 3.02. The number of carbonyl (C=O) groups excluding carboxylic acids is 3. The van der Waals surface area contributed by atoms with Crippen LogP contribution in [0.25, 0.3) is 0 Å². The van der Waals surface area contributed by atoms with Gasteiger partial charge < -0.3 is 10.2 Å². The molecule has 2 amide bonds. The zero-order chi connectivity index (χ0) is 16.6. The second-order valence-electron chi connectivity index (χ2n) is 5.29. The minimum atomic E-state index is -1.31. The fourth-order valence-electron chi connectivity index (χ4n) is 2.82. The quantitative estimate of drug-likeness (QED) is 0.660. The number of ether oxygens (including phenoxy) is 1. The lowest BCUT2D eigenvalue weighted by Crippen LogP contribution is -2.45. The molecule has 23 heavy (non-hydrogen) atoms. The molecule has 1 N–H and O–H groups in total. The van der Waals surface area contributed by atoms with Gasteiger partial charge in [0.15, 0.2) is 5.71 Å². The smallest absolute Gasteiger partial charge is 0.355 e. The number of carbonyl (C=O) groups is 3. The highest BCUT2D eigenvalue weighted by atomic mass is 35.5. The summed E-state index contributed by atoms with van der Waals surface area (Å²) in [7, 11) is 0. The molecule has 3 rings (SSSR count). The summed E-state index contributed by atoms with van der Waals surface area (Å²) in [5, 5.41) is 4.30. The second-order valence-corrected chi connectivity index (χ2v) is 5.73. The van der Waals surface area contributed by atoms with Crippen molar-refractivity contribution in [3.8, 4) is 0 Å². The molecule has 1 aromatic rings. The number of hydrogen-bond acceptors (Lipinski definition) is 6. The third kappa shape index (κ3) is 2.37. The molecule has 0 saturated carbocycles. The number of imide groups is 1. The summed E-state index contributed by atoms with van der Waals surface area (Å²) in [6, 6.07) is 6.44. The summed E-state index contributed by atoms with van der Waals surface area (Å²) < 4.78 is 4.94. The van der Waals surface area contributed by atoms with Gasteiger partial charge in [0.25, 0.3) is 0 Å². The van der Waals surface area contributed by atoms with Gasteiger partial charge in [-0.05, 0) is 25.1 Å². The summed E-state index contributed by atoms with van der Waals surface area (Å²) >= 11 is 5.93. The summed E-state index contributed by atoms with van der Waals surface area (Å²) in [4.78, 5) is 38.4. The minimum Gasteiger partial charge on any atom is -0.461 e. The Kier molecular flexibility index (Phi) is 3.81. The van der Waals surface area contributed by atoms with Crippen LogP contribution in [-0.4, -0.2) is 36.6 Å². The molecule has 0 bridgehead atoms. The summed E-state index contributed by atoms with van der Waals surface area (Å²) in [5.74, 6) is -1.59. The Labute approximate surface area is 137 Å². The van der Waals surface area contributed by atoms with Crippen LogP contribution in [0.3, 0.4) is 0 Å². The van der Waals surface area contributed by atoms with Crippen molar-refractivity contribution in [2.45, 2.75) is 13.3 Å². The van der Waals surface area contributed by atoms with Crippen molar-refractivity contribution in [3.63, 3.8) is 0 Å². The van der Waals surface area contributed by atoms with Gasteiger partial charge in [-0.15, -0.1) is 0 Å². The molecule has 0 aromatic heterocycles. The molecule has 8 heteroatoms. The van der Waals surface area contributed by atoms with Crippen molar-refractivity contribution in [2.75, 3.05) is 18.1 Å². The molecular weight excluding hydrogens is 322 g/mol. The minimum absolute atomic E-state index is 0.0535. The number of halogens is 1. The molecule has 7 nitrogen and oxygen atoms in total. The zero-order valence-corrected chi connectivity index (χ0v) is 13.1. The fourth-order valence-corrected chi connectivity index (χ4v) is 3.01. The fraction of sp³-hybridized carbons (Fsp3) is 0.333. The Hall–Kier alpha value is -2.41. The van der Waals surface area contributed by atoms with Crippen LogP contribution in [-0.2, 0) is 19.1 Å². The first-order chi connectivity index (χ1) is 11.0. The lowest BCUT2D eigenvalue weighted by atomic mass is 9.81. The topological polar surface area (TPSA) is 88.1 Å². The highest BCUT2D eigenvalue weighted by molar-refractivity contribution is 6.47. The van der Waals surface area contributed by atoms with E-state index in [4.69, 9.17) is 16.3 Å². The van der Waals surface area contributed by atoms with Crippen LogP contribution in [0.4, 0.5) is 5.69 Å². The van der Waals surface area contributed by atoms with Crippen LogP contribution in [0.1, 0.15) is 13.3 Å². The first kappa shape index (κ1) is 15.5. The van der Waals surface area contributed by atoms with Crippen LogP contribution in [0, 0.1) is 5.41 Å². The van der Waals surface area contributed by atoms with E-state index in [2.05, 4.69) is 10.5 Å². The number of benzene rings is 1. The Morgan fingerprint density at radius 1 is 1.48 bits per heavy atom. The maximum Gasteiger partial charge on any atom is 0.355 e. The molecule has 0 unspecified atom stereocenters. The summed E-state index contributed by atoms with van der Waals surface area (Å²) in [6.45, 7) is 1.91. The second kappa shape index (κ2) is 5.66. The monoisotopic (exact) mass is 335 g/mol. The number of hydrogen-bond donors (Lipinski definition) is 1. The van der Waals surface area contributed by atoms with Crippen LogP contribution >= 0.6 is 11.6 Å². The van der Waals surface area contributed by atoms with Crippen molar-refractivity contribution in [3.05, 3.63) is 29.3 Å².